The van der Waals surface area contributed by atoms with Gasteiger partial charge in [-0.2, -0.15) is 0 Å². The number of hydrogen-bond donors (Lipinski definition) is 1. The van der Waals surface area contributed by atoms with Crippen molar-refractivity contribution in [3.63, 3.8) is 0 Å². The average molecular weight is 604 g/mol. The van der Waals surface area contributed by atoms with Crippen LogP contribution in [0.5, 0.6) is 5.75 Å². The van der Waals surface area contributed by atoms with Crippen molar-refractivity contribution in [1.29, 1.82) is 0 Å². The highest BCUT2D eigenvalue weighted by molar-refractivity contribution is 9.10. The molecule has 1 aliphatic rings. The first kappa shape index (κ1) is 25.1. The van der Waals surface area contributed by atoms with Gasteiger partial charge in [0.2, 0.25) is 0 Å². The number of thiophene rings is 1. The molecule has 0 saturated heterocycles. The van der Waals surface area contributed by atoms with Gasteiger partial charge in [-0.3, -0.25) is 4.79 Å². The second kappa shape index (κ2) is 10.3. The van der Waals surface area contributed by atoms with Crippen molar-refractivity contribution in [1.82, 2.24) is 0 Å². The van der Waals surface area contributed by atoms with Crippen molar-refractivity contribution in [2.45, 2.75) is 40.0 Å². The zero-order valence-corrected chi connectivity index (χ0v) is 23.7. The Morgan fingerprint density at radius 2 is 1.91 bits per heavy atom. The van der Waals surface area contributed by atoms with Crippen LogP contribution in [0, 0.1) is 11.3 Å². The fourth-order valence-electron chi connectivity index (χ4n) is 4.26. The predicted octanol–water partition coefficient (Wildman–Crippen LogP) is 8.44. The van der Waals surface area contributed by atoms with Crippen LogP contribution >= 0.6 is 43.2 Å². The van der Waals surface area contributed by atoms with E-state index in [4.69, 9.17) is 9.73 Å². The number of anilines is 1. The van der Waals surface area contributed by atoms with Gasteiger partial charge in [0, 0.05) is 21.3 Å². The topological polar surface area (TPSA) is 50.7 Å². The SMILES string of the molecule is COc1ccc(C=Nc2sc3c(c2C(=O)Nc2ccc(Br)cc2)CC[C@@H](C(C)(C)C)C3)cc1Br. The number of benzene rings is 2. The minimum absolute atomic E-state index is 0.0999. The van der Waals surface area contributed by atoms with E-state index in [1.54, 1.807) is 18.4 Å². The molecule has 1 N–H and O–H groups in total. The van der Waals surface area contributed by atoms with E-state index in [0.29, 0.717) is 11.5 Å². The molecule has 0 unspecified atom stereocenters. The van der Waals surface area contributed by atoms with E-state index in [1.165, 1.54) is 4.88 Å². The lowest BCUT2D eigenvalue weighted by atomic mass is 9.72. The fraction of sp³-hybridized carbons (Fsp3) is 0.333. The van der Waals surface area contributed by atoms with Gasteiger partial charge in [-0.1, -0.05) is 36.7 Å². The van der Waals surface area contributed by atoms with Gasteiger partial charge in [-0.05, 0) is 100 Å². The fourth-order valence-corrected chi connectivity index (χ4v) is 6.35. The summed E-state index contributed by atoms with van der Waals surface area (Å²) in [5, 5.41) is 3.84. The minimum atomic E-state index is -0.0999. The lowest BCUT2D eigenvalue weighted by molar-refractivity contribution is 0.102. The normalized spacial score (nSPS) is 15.9. The Hall–Kier alpha value is -1.96. The molecule has 2 aromatic carbocycles. The van der Waals surface area contributed by atoms with Crippen molar-refractivity contribution in [3.8, 4) is 5.75 Å². The summed E-state index contributed by atoms with van der Waals surface area (Å²) in [6.07, 6.45) is 4.80. The second-order valence-corrected chi connectivity index (χ2v) is 12.5. The molecule has 0 aliphatic heterocycles. The van der Waals surface area contributed by atoms with Gasteiger partial charge in [0.1, 0.15) is 10.8 Å². The van der Waals surface area contributed by atoms with Gasteiger partial charge in [-0.25, -0.2) is 4.99 Å². The summed E-state index contributed by atoms with van der Waals surface area (Å²) in [6.45, 7) is 6.91. The van der Waals surface area contributed by atoms with Gasteiger partial charge in [0.05, 0.1) is 17.1 Å². The zero-order valence-electron chi connectivity index (χ0n) is 19.7. The first-order valence-corrected chi connectivity index (χ1v) is 13.6. The Morgan fingerprint density at radius 1 is 1.18 bits per heavy atom. The summed E-state index contributed by atoms with van der Waals surface area (Å²) in [5.74, 6) is 1.26. The number of carbonyl (C=O) groups is 1. The van der Waals surface area contributed by atoms with E-state index in [-0.39, 0.29) is 11.3 Å². The molecule has 1 atom stereocenters. The number of methoxy groups -OCH3 is 1. The summed E-state index contributed by atoms with van der Waals surface area (Å²) in [4.78, 5) is 19.6. The predicted molar refractivity (Wildman–Crippen MR) is 149 cm³/mol. The highest BCUT2D eigenvalue weighted by Gasteiger charge is 2.33. The number of nitrogens with one attached hydrogen (secondary N) is 1. The van der Waals surface area contributed by atoms with Crippen LogP contribution in [0.1, 0.15) is 53.6 Å². The van der Waals surface area contributed by atoms with Gasteiger partial charge >= 0.3 is 0 Å². The highest BCUT2D eigenvalue weighted by Crippen LogP contribution is 2.45. The number of halogens is 2. The van der Waals surface area contributed by atoms with Crippen LogP contribution in [-0.2, 0) is 12.8 Å². The van der Waals surface area contributed by atoms with Gasteiger partial charge < -0.3 is 10.1 Å². The minimum Gasteiger partial charge on any atom is -0.496 e. The first-order valence-electron chi connectivity index (χ1n) is 11.2. The number of ether oxygens (including phenoxy) is 1. The third-order valence-corrected chi connectivity index (χ3v) is 8.62. The highest BCUT2D eigenvalue weighted by atomic mass is 79.9. The molecule has 1 amide bonds. The molecule has 1 aromatic heterocycles. The quantitative estimate of drug-likeness (QED) is 0.297. The average Bonchev–Trinajstić information content (AvgIpc) is 3.16. The Bertz CT molecular complexity index is 1230. The maximum atomic E-state index is 13.5. The molecule has 0 fully saturated rings. The van der Waals surface area contributed by atoms with Crippen LogP contribution in [0.4, 0.5) is 10.7 Å². The monoisotopic (exact) mass is 602 g/mol. The lowest BCUT2D eigenvalue weighted by Gasteiger charge is -2.33. The molecular formula is C27H28Br2N2O2S. The molecule has 4 nitrogen and oxygen atoms in total. The van der Waals surface area contributed by atoms with E-state index in [9.17, 15) is 4.79 Å². The largest absolute Gasteiger partial charge is 0.496 e. The summed E-state index contributed by atoms with van der Waals surface area (Å²) in [7, 11) is 1.64. The lowest BCUT2D eigenvalue weighted by Crippen LogP contribution is -2.27. The molecule has 0 radical (unpaired) electrons. The maximum absolute atomic E-state index is 13.5. The van der Waals surface area contributed by atoms with E-state index < -0.39 is 0 Å². The Kier molecular flexibility index (Phi) is 7.65. The molecule has 3 aromatic rings. The third-order valence-electron chi connectivity index (χ3n) is 6.31. The Balaban J connectivity index is 1.69. The maximum Gasteiger partial charge on any atom is 0.259 e. The van der Waals surface area contributed by atoms with Crippen LogP contribution in [0.25, 0.3) is 0 Å². The summed E-state index contributed by atoms with van der Waals surface area (Å²) < 4.78 is 7.17. The number of hydrogen-bond acceptors (Lipinski definition) is 4. The molecule has 0 saturated carbocycles. The van der Waals surface area contributed by atoms with E-state index in [0.717, 1.165) is 55.8 Å². The summed E-state index contributed by atoms with van der Waals surface area (Å²) >= 11 is 8.63. The molecule has 0 bridgehead atoms. The van der Waals surface area contributed by atoms with Crippen LogP contribution in [0.15, 0.2) is 56.4 Å². The number of carbonyl (C=O) groups excluding carboxylic acids is 1. The van der Waals surface area contributed by atoms with Gasteiger partial charge in [0.25, 0.3) is 5.91 Å². The molecule has 4 rings (SSSR count). The molecule has 7 heteroatoms. The molecule has 1 heterocycles. The summed E-state index contributed by atoms with van der Waals surface area (Å²) in [5.41, 5.74) is 3.80. The number of amides is 1. The molecule has 34 heavy (non-hydrogen) atoms. The number of rotatable bonds is 5. The zero-order chi connectivity index (χ0) is 24.5. The van der Waals surface area contributed by atoms with E-state index in [2.05, 4.69) is 57.9 Å². The number of fused-ring (bicyclic) bond motifs is 1. The van der Waals surface area contributed by atoms with Crippen LogP contribution in [0.3, 0.4) is 0 Å². The summed E-state index contributed by atoms with van der Waals surface area (Å²) in [6, 6.07) is 13.5. The third kappa shape index (κ3) is 5.64. The van der Waals surface area contributed by atoms with Crippen LogP contribution < -0.4 is 10.1 Å². The van der Waals surface area contributed by atoms with Crippen LogP contribution in [-0.4, -0.2) is 19.2 Å². The first-order chi connectivity index (χ1) is 16.2. The Labute approximate surface area is 222 Å². The van der Waals surface area contributed by atoms with Gasteiger partial charge in [0.15, 0.2) is 0 Å². The molecule has 178 valence electrons. The second-order valence-electron chi connectivity index (χ2n) is 9.60. The number of nitrogens with zero attached hydrogens (tertiary/aromatic N) is 1. The smallest absolute Gasteiger partial charge is 0.259 e. The number of aliphatic imine (C=N–C) groups is 1. The standard InChI is InChI=1S/C27H28Br2N2O2S/c1-27(2,3)17-6-11-20-23(14-17)34-26(30-15-16-5-12-22(33-4)21(29)13-16)24(20)25(32)31-19-9-7-18(28)8-10-19/h5,7-10,12-13,15,17H,6,11,14H2,1-4H3,(H,31,32)/t17-/m1/s1. The van der Waals surface area contributed by atoms with Gasteiger partial charge in [-0.15, -0.1) is 11.3 Å². The van der Waals surface area contributed by atoms with Crippen molar-refractivity contribution in [2.75, 3.05) is 12.4 Å². The molecular weight excluding hydrogens is 576 g/mol. The molecule has 0 spiro atoms. The van der Waals surface area contributed by atoms with Crippen molar-refractivity contribution in [3.05, 3.63) is 73.0 Å². The molecule has 1 aliphatic carbocycles. The van der Waals surface area contributed by atoms with Crippen molar-refractivity contribution >= 4 is 66.0 Å². The van der Waals surface area contributed by atoms with Crippen molar-refractivity contribution < 1.29 is 9.53 Å². The van der Waals surface area contributed by atoms with E-state index in [1.807, 2.05) is 48.7 Å². The van der Waals surface area contributed by atoms with Crippen molar-refractivity contribution in [2.24, 2.45) is 16.3 Å². The Morgan fingerprint density at radius 3 is 2.56 bits per heavy atom. The van der Waals surface area contributed by atoms with Crippen LogP contribution in [0.2, 0.25) is 0 Å². The van der Waals surface area contributed by atoms with E-state index >= 15 is 0 Å².